The number of likely N-dealkylation sites (tertiary alicyclic amines) is 1. The van der Waals surface area contributed by atoms with Crippen molar-refractivity contribution in [2.45, 2.75) is 108 Å². The summed E-state index contributed by atoms with van der Waals surface area (Å²) in [5.74, 6) is 1.11. The molecule has 1 aliphatic carbocycles. The predicted octanol–water partition coefficient (Wildman–Crippen LogP) is 5.83. The lowest BCUT2D eigenvalue weighted by Crippen LogP contribution is -2.75. The number of rotatable bonds is 13. The van der Waals surface area contributed by atoms with Crippen molar-refractivity contribution >= 4 is 30.1 Å². The SMILES string of the molecule is CCCCCCCN1C(=O)[C@@H]([C@H](O)C2CCCCC2)NC(=O)C12CCN(Cc1ccc(Oc3ccc(C(=O)NC)cc3)cc1)CC2.Cl. The van der Waals surface area contributed by atoms with Crippen LogP contribution in [-0.4, -0.2) is 77.0 Å². The first-order chi connectivity index (χ1) is 22.3. The van der Waals surface area contributed by atoms with Crippen LogP contribution < -0.4 is 15.4 Å². The van der Waals surface area contributed by atoms with Crippen molar-refractivity contribution in [2.75, 3.05) is 26.7 Å². The zero-order valence-corrected chi connectivity index (χ0v) is 28.9. The summed E-state index contributed by atoms with van der Waals surface area (Å²) in [7, 11) is 1.61. The minimum Gasteiger partial charge on any atom is -0.457 e. The van der Waals surface area contributed by atoms with Gasteiger partial charge in [-0.05, 0) is 80.0 Å². The molecule has 2 saturated heterocycles. The van der Waals surface area contributed by atoms with Crippen LogP contribution in [-0.2, 0) is 16.1 Å². The van der Waals surface area contributed by atoms with E-state index in [-0.39, 0.29) is 36.0 Å². The molecule has 0 unspecified atom stereocenters. The number of carbonyl (C=O) groups excluding carboxylic acids is 3. The molecule has 2 aliphatic heterocycles. The molecule has 2 heterocycles. The maximum atomic E-state index is 14.1. The number of piperidine rings is 1. The van der Waals surface area contributed by atoms with Gasteiger partial charge in [-0.2, -0.15) is 0 Å². The van der Waals surface area contributed by atoms with Crippen molar-refractivity contribution in [3.8, 4) is 11.5 Å². The van der Waals surface area contributed by atoms with E-state index in [1.165, 1.54) is 12.8 Å². The third-order valence-corrected chi connectivity index (χ3v) is 10.3. The van der Waals surface area contributed by atoms with Crippen LogP contribution in [0.3, 0.4) is 0 Å². The molecule has 3 amide bonds. The normalized spacial score (nSPS) is 20.7. The molecule has 1 saturated carbocycles. The molecule has 258 valence electrons. The van der Waals surface area contributed by atoms with E-state index in [0.717, 1.165) is 63.5 Å². The van der Waals surface area contributed by atoms with E-state index in [0.29, 0.717) is 49.5 Å². The Hall–Kier alpha value is -3.14. The van der Waals surface area contributed by atoms with Crippen LogP contribution >= 0.6 is 12.4 Å². The van der Waals surface area contributed by atoms with Crippen LogP contribution in [0, 0.1) is 5.92 Å². The summed E-state index contributed by atoms with van der Waals surface area (Å²) in [6.45, 7) is 4.92. The van der Waals surface area contributed by atoms with Gasteiger partial charge in [0.05, 0.1) is 6.10 Å². The molecular weight excluding hydrogens is 616 g/mol. The first-order valence-electron chi connectivity index (χ1n) is 17.5. The molecule has 47 heavy (non-hydrogen) atoms. The summed E-state index contributed by atoms with van der Waals surface area (Å²) < 4.78 is 5.97. The van der Waals surface area contributed by atoms with E-state index in [1.807, 2.05) is 17.0 Å². The van der Waals surface area contributed by atoms with Gasteiger partial charge < -0.3 is 25.4 Å². The minimum atomic E-state index is -0.855. The molecule has 1 spiro atoms. The predicted molar refractivity (Wildman–Crippen MR) is 186 cm³/mol. The van der Waals surface area contributed by atoms with Crippen LogP contribution in [0.15, 0.2) is 48.5 Å². The largest absolute Gasteiger partial charge is 0.457 e. The number of ether oxygens (including phenoxy) is 1. The van der Waals surface area contributed by atoms with Crippen LogP contribution in [0.1, 0.15) is 99.9 Å². The molecule has 2 aromatic carbocycles. The molecule has 3 fully saturated rings. The summed E-state index contributed by atoms with van der Waals surface area (Å²) in [6.07, 6.45) is 10.9. The topological polar surface area (TPSA) is 111 Å². The summed E-state index contributed by atoms with van der Waals surface area (Å²) >= 11 is 0. The Bertz CT molecular complexity index is 1310. The van der Waals surface area contributed by atoms with Gasteiger partial charge in [-0.25, -0.2) is 0 Å². The molecule has 0 bridgehead atoms. The maximum absolute atomic E-state index is 14.1. The lowest BCUT2D eigenvalue weighted by Gasteiger charge is -2.52. The van der Waals surface area contributed by atoms with Gasteiger partial charge in [0.1, 0.15) is 23.1 Å². The number of benzene rings is 2. The number of carbonyl (C=O) groups is 3. The minimum absolute atomic E-state index is 0. The van der Waals surface area contributed by atoms with E-state index in [1.54, 1.807) is 31.3 Å². The second kappa shape index (κ2) is 17.3. The molecule has 2 atom stereocenters. The van der Waals surface area contributed by atoms with Crippen molar-refractivity contribution in [2.24, 2.45) is 5.92 Å². The highest BCUT2D eigenvalue weighted by Gasteiger charge is 2.55. The van der Waals surface area contributed by atoms with Gasteiger partial charge >= 0.3 is 0 Å². The first-order valence-corrected chi connectivity index (χ1v) is 17.5. The Kier molecular flexibility index (Phi) is 13.5. The highest BCUT2D eigenvalue weighted by molar-refractivity contribution is 6.00. The van der Waals surface area contributed by atoms with Gasteiger partial charge in [-0.3, -0.25) is 19.3 Å². The fourth-order valence-corrected chi connectivity index (χ4v) is 7.47. The average Bonchev–Trinajstić information content (AvgIpc) is 3.09. The van der Waals surface area contributed by atoms with Crippen LogP contribution in [0.5, 0.6) is 11.5 Å². The number of amides is 3. The third-order valence-electron chi connectivity index (χ3n) is 10.3. The van der Waals surface area contributed by atoms with E-state index < -0.39 is 17.7 Å². The molecule has 3 aliphatic rings. The lowest BCUT2D eigenvalue weighted by atomic mass is 9.78. The Morgan fingerprint density at radius 1 is 0.957 bits per heavy atom. The lowest BCUT2D eigenvalue weighted by molar-refractivity contribution is -0.166. The Morgan fingerprint density at radius 3 is 2.19 bits per heavy atom. The molecule has 0 aromatic heterocycles. The maximum Gasteiger partial charge on any atom is 0.251 e. The summed E-state index contributed by atoms with van der Waals surface area (Å²) in [4.78, 5) is 44.0. The number of nitrogens with one attached hydrogen (secondary N) is 2. The van der Waals surface area contributed by atoms with E-state index in [4.69, 9.17) is 4.74 Å². The number of hydrogen-bond acceptors (Lipinski definition) is 6. The number of aliphatic hydroxyl groups excluding tert-OH is 1. The summed E-state index contributed by atoms with van der Waals surface area (Å²) in [5, 5.41) is 16.9. The Balaban J connectivity index is 0.00000500. The highest BCUT2D eigenvalue weighted by Crippen LogP contribution is 2.37. The van der Waals surface area contributed by atoms with Crippen molar-refractivity contribution in [1.29, 1.82) is 0 Å². The standard InChI is InChI=1S/C37H52N4O5.ClH/c1-3-4-5-6-10-23-41-35(44)32(33(42)28-11-8-7-9-12-28)39-36(45)37(41)21-24-40(25-22-37)26-27-13-17-30(18-14-27)46-31-19-15-29(16-20-31)34(43)38-2;/h13-20,28,32-33,42H,3-12,21-26H2,1-2H3,(H,38,43)(H,39,45);1H/t32-,33-;/m1./s1. The van der Waals surface area contributed by atoms with Gasteiger partial charge in [0, 0.05) is 38.8 Å². The van der Waals surface area contributed by atoms with Crippen LogP contribution in [0.4, 0.5) is 0 Å². The molecule has 5 rings (SSSR count). The molecule has 2 aromatic rings. The van der Waals surface area contributed by atoms with Gasteiger partial charge in [0.2, 0.25) is 11.8 Å². The summed E-state index contributed by atoms with van der Waals surface area (Å²) in [5.41, 5.74) is 0.869. The van der Waals surface area contributed by atoms with Gasteiger partial charge in [-0.1, -0.05) is 64.0 Å². The van der Waals surface area contributed by atoms with Crippen molar-refractivity contribution in [1.82, 2.24) is 20.4 Å². The zero-order chi connectivity index (χ0) is 32.5. The fraction of sp³-hybridized carbons (Fsp3) is 0.595. The Labute approximate surface area is 286 Å². The van der Waals surface area contributed by atoms with Crippen LogP contribution in [0.2, 0.25) is 0 Å². The Morgan fingerprint density at radius 2 is 1.57 bits per heavy atom. The number of aliphatic hydroxyl groups is 1. The van der Waals surface area contributed by atoms with Crippen molar-refractivity contribution in [3.63, 3.8) is 0 Å². The van der Waals surface area contributed by atoms with Gasteiger partial charge in [-0.15, -0.1) is 12.4 Å². The van der Waals surface area contributed by atoms with Crippen LogP contribution in [0.25, 0.3) is 0 Å². The zero-order valence-electron chi connectivity index (χ0n) is 28.0. The highest BCUT2D eigenvalue weighted by atomic mass is 35.5. The molecule has 9 nitrogen and oxygen atoms in total. The second-order valence-corrected chi connectivity index (χ2v) is 13.4. The van der Waals surface area contributed by atoms with Crippen molar-refractivity contribution < 1.29 is 24.2 Å². The first kappa shape index (κ1) is 36.7. The third kappa shape index (κ3) is 8.86. The van der Waals surface area contributed by atoms with Gasteiger partial charge in [0.25, 0.3) is 5.91 Å². The number of nitrogens with zero attached hydrogens (tertiary/aromatic N) is 2. The monoisotopic (exact) mass is 668 g/mol. The number of halogens is 1. The molecular formula is C37H53ClN4O5. The van der Waals surface area contributed by atoms with E-state index >= 15 is 0 Å². The van der Waals surface area contributed by atoms with Gasteiger partial charge in [0.15, 0.2) is 0 Å². The molecule has 3 N–H and O–H groups in total. The average molecular weight is 669 g/mol. The number of piperazine rings is 1. The van der Waals surface area contributed by atoms with E-state index in [2.05, 4.69) is 34.6 Å². The fourth-order valence-electron chi connectivity index (χ4n) is 7.47. The number of unbranched alkanes of at least 4 members (excludes halogenated alkanes) is 4. The number of hydrogen-bond donors (Lipinski definition) is 3. The molecule has 10 heteroatoms. The smallest absolute Gasteiger partial charge is 0.251 e. The quantitative estimate of drug-likeness (QED) is 0.232. The second-order valence-electron chi connectivity index (χ2n) is 13.4. The van der Waals surface area contributed by atoms with Crippen molar-refractivity contribution in [3.05, 3.63) is 59.7 Å². The van der Waals surface area contributed by atoms with E-state index in [9.17, 15) is 19.5 Å². The summed E-state index contributed by atoms with van der Waals surface area (Å²) in [6, 6.07) is 14.2. The molecule has 0 radical (unpaired) electrons.